The van der Waals surface area contributed by atoms with Crippen LogP contribution in [0.2, 0.25) is 0 Å². The number of nitrogens with zero attached hydrogens (tertiary/aromatic N) is 2. The van der Waals surface area contributed by atoms with E-state index in [2.05, 4.69) is 28.5 Å². The molecule has 5 rings (SSSR count). The summed E-state index contributed by atoms with van der Waals surface area (Å²) in [6.45, 7) is 4.65. The maximum Gasteiger partial charge on any atom is 0.139 e. The Labute approximate surface area is 206 Å². The summed E-state index contributed by atoms with van der Waals surface area (Å²) in [7, 11) is 0. The van der Waals surface area contributed by atoms with Crippen molar-refractivity contribution in [3.05, 3.63) is 87.6 Å². The Morgan fingerprint density at radius 1 is 1.26 bits per heavy atom. The summed E-state index contributed by atoms with van der Waals surface area (Å²) < 4.78 is 28.0. The Morgan fingerprint density at radius 3 is 3.03 bits per heavy atom. The molecule has 1 fully saturated rings. The first-order valence-corrected chi connectivity index (χ1v) is 12.9. The van der Waals surface area contributed by atoms with Crippen molar-refractivity contribution in [2.24, 2.45) is 4.99 Å². The lowest BCUT2D eigenvalue weighted by molar-refractivity contribution is 0.282. The van der Waals surface area contributed by atoms with Gasteiger partial charge in [0.25, 0.3) is 0 Å². The van der Waals surface area contributed by atoms with E-state index in [9.17, 15) is 8.78 Å². The van der Waals surface area contributed by atoms with Crippen molar-refractivity contribution in [3.8, 4) is 0 Å². The number of piperazine rings is 1. The number of rotatable bonds is 4. The number of hydrogen-bond acceptors (Lipinski definition) is 5. The van der Waals surface area contributed by atoms with Crippen molar-refractivity contribution in [2.75, 3.05) is 25.0 Å². The first kappa shape index (κ1) is 23.0. The second kappa shape index (κ2) is 10.2. The lowest BCUT2D eigenvalue weighted by Gasteiger charge is -2.36. The molecular formula is C27H34F2N4S. The largest absolute Gasteiger partial charge is 0.353 e. The van der Waals surface area contributed by atoms with Gasteiger partial charge in [0.1, 0.15) is 22.5 Å². The molecule has 0 radical (unpaired) electrons. The van der Waals surface area contributed by atoms with Gasteiger partial charge in [-0.1, -0.05) is 25.1 Å². The third kappa shape index (κ3) is 5.15. The molecule has 0 spiro atoms. The molecule has 182 valence electrons. The Bertz CT molecular complexity index is 1190. The highest BCUT2D eigenvalue weighted by Crippen LogP contribution is 2.36. The van der Waals surface area contributed by atoms with Crippen LogP contribution in [0.15, 0.2) is 70.8 Å². The zero-order valence-corrected chi connectivity index (χ0v) is 20.2. The molecule has 1 saturated heterocycles. The summed E-state index contributed by atoms with van der Waals surface area (Å²) in [6, 6.07) is 9.34. The molecule has 0 saturated carbocycles. The molecule has 0 amide bonds. The number of hydrogen-bond donors (Lipinski definition) is 2. The maximum absolute atomic E-state index is 14.4. The van der Waals surface area contributed by atoms with E-state index in [-0.39, 0.29) is 20.5 Å². The molecule has 4 nitrogen and oxygen atoms in total. The topological polar surface area (TPSA) is 39.7 Å². The van der Waals surface area contributed by atoms with E-state index in [1.54, 1.807) is 29.5 Å². The van der Waals surface area contributed by atoms with E-state index in [4.69, 9.17) is 4.99 Å². The number of benzene rings is 1. The van der Waals surface area contributed by atoms with Gasteiger partial charge in [-0.15, -0.1) is 11.3 Å². The number of aliphatic imine (C=N–C) groups is 1. The van der Waals surface area contributed by atoms with Crippen molar-refractivity contribution in [1.29, 1.82) is 0 Å². The molecule has 2 N–H and O–H groups in total. The molecule has 2 aromatic rings. The van der Waals surface area contributed by atoms with E-state index in [0.29, 0.717) is 5.70 Å². The van der Waals surface area contributed by atoms with Crippen molar-refractivity contribution >= 4 is 22.2 Å². The highest BCUT2D eigenvalue weighted by molar-refractivity contribution is 7.16. The number of fused-ring (bicyclic) bond motifs is 1. The van der Waals surface area contributed by atoms with Crippen molar-refractivity contribution < 1.29 is 11.6 Å². The van der Waals surface area contributed by atoms with Gasteiger partial charge in [-0.3, -0.25) is 0 Å². The van der Waals surface area contributed by atoms with E-state index in [1.165, 1.54) is 17.0 Å². The third-order valence-electron chi connectivity index (χ3n) is 6.51. The van der Waals surface area contributed by atoms with Crippen molar-refractivity contribution in [3.63, 3.8) is 0 Å². The first-order chi connectivity index (χ1) is 16.6. The summed E-state index contributed by atoms with van der Waals surface area (Å²) in [5.41, 5.74) is 3.76. The number of anilines is 1. The molecule has 34 heavy (non-hydrogen) atoms. The first-order valence-electron chi connectivity index (χ1n) is 12.1. The van der Waals surface area contributed by atoms with Gasteiger partial charge in [-0.25, -0.2) is 13.8 Å². The summed E-state index contributed by atoms with van der Waals surface area (Å²) in [4.78, 5) is 8.70. The minimum Gasteiger partial charge on any atom is -0.353 e. The Kier molecular flexibility index (Phi) is 6.92. The fraction of sp³-hybridized carbons (Fsp3) is 0.370. The average Bonchev–Trinajstić information content (AvgIpc) is 3.18. The number of amidine groups is 1. The Hall–Kier alpha value is -2.77. The lowest BCUT2D eigenvalue weighted by atomic mass is 10.0. The quantitative estimate of drug-likeness (QED) is 0.525. The molecule has 2 aliphatic heterocycles. The van der Waals surface area contributed by atoms with E-state index in [1.807, 2.05) is 12.1 Å². The third-order valence-corrected chi connectivity index (χ3v) is 7.71. The molecule has 1 aliphatic carbocycles. The summed E-state index contributed by atoms with van der Waals surface area (Å²) >= 11 is 1.76. The van der Waals surface area contributed by atoms with Crippen LogP contribution in [0, 0.1) is 5.82 Å². The fourth-order valence-electron chi connectivity index (χ4n) is 4.72. The molecule has 7 heteroatoms. The number of allylic oxidation sites excluding steroid dienone is 5. The minimum absolute atomic E-state index is 0. The van der Waals surface area contributed by atoms with Crippen LogP contribution in [0.1, 0.15) is 45.0 Å². The maximum atomic E-state index is 14.4. The Balaban J connectivity index is 0.00000180. The molecule has 0 unspecified atom stereocenters. The minimum atomic E-state index is -0.273. The van der Waals surface area contributed by atoms with Crippen LogP contribution >= 0.6 is 11.3 Å². The van der Waals surface area contributed by atoms with Gasteiger partial charge in [-0.05, 0) is 61.9 Å². The number of halogens is 2. The molecule has 1 atom stereocenters. The fourth-order valence-corrected chi connectivity index (χ4v) is 5.73. The van der Waals surface area contributed by atoms with Gasteiger partial charge < -0.3 is 15.5 Å². The SMILES string of the molecule is CCc1cc2c(s1)NC1=C(/C=C(F)\C=C/CC1)N=C2N1CCN[C@@H](CCc2cccc(F)c2)C1.[HH].[HH]. The van der Waals surface area contributed by atoms with Crippen molar-refractivity contribution in [1.82, 2.24) is 10.2 Å². The Morgan fingerprint density at radius 2 is 2.18 bits per heavy atom. The van der Waals surface area contributed by atoms with Crippen LogP contribution in [0.4, 0.5) is 13.8 Å². The predicted octanol–water partition coefficient (Wildman–Crippen LogP) is 6.44. The summed E-state index contributed by atoms with van der Waals surface area (Å²) in [5.74, 6) is 0.449. The zero-order chi connectivity index (χ0) is 23.5. The number of thiophene rings is 1. The predicted molar refractivity (Wildman–Crippen MR) is 141 cm³/mol. The molecule has 3 aliphatic rings. The number of nitrogens with one attached hydrogen (secondary N) is 2. The van der Waals surface area contributed by atoms with Gasteiger partial charge >= 0.3 is 0 Å². The normalized spacial score (nSPS) is 22.9. The van der Waals surface area contributed by atoms with Gasteiger partial charge in [-0.2, -0.15) is 0 Å². The standard InChI is InChI=1S/C27H30F2N4S.2H2/c1-2-22-16-23-26(31-25-15-20(29)7-3-4-9-24(25)32-27(23)34-22)33-13-12-30-21(17-33)11-10-18-6-5-8-19(28)14-18;;/h3,5-8,14-16,21,30,32H,2,4,9-13,17H2,1H3;2*1H/b7-3-,20-15+;;/t21-;;/m0../s1. The molecule has 1 aromatic heterocycles. The van der Waals surface area contributed by atoms with Crippen LogP contribution in [-0.4, -0.2) is 36.4 Å². The van der Waals surface area contributed by atoms with E-state index >= 15 is 0 Å². The lowest BCUT2D eigenvalue weighted by Crippen LogP contribution is -2.52. The van der Waals surface area contributed by atoms with Crippen LogP contribution in [0.5, 0.6) is 0 Å². The molecule has 3 heterocycles. The second-order valence-corrected chi connectivity index (χ2v) is 10.1. The highest BCUT2D eigenvalue weighted by Gasteiger charge is 2.28. The molecular weight excluding hydrogens is 450 g/mol. The summed E-state index contributed by atoms with van der Waals surface area (Å²) in [5, 5.41) is 8.30. The smallest absolute Gasteiger partial charge is 0.139 e. The van der Waals surface area contributed by atoms with E-state index in [0.717, 1.165) is 79.4 Å². The van der Waals surface area contributed by atoms with E-state index < -0.39 is 0 Å². The van der Waals surface area contributed by atoms with Crippen LogP contribution in [0.3, 0.4) is 0 Å². The monoisotopic (exact) mass is 484 g/mol. The average molecular weight is 485 g/mol. The van der Waals surface area contributed by atoms with Crippen LogP contribution in [-0.2, 0) is 12.8 Å². The van der Waals surface area contributed by atoms with Crippen LogP contribution < -0.4 is 10.6 Å². The summed E-state index contributed by atoms with van der Waals surface area (Å²) in [6.07, 6.45) is 9.21. The van der Waals surface area contributed by atoms with Gasteiger partial charge in [0.2, 0.25) is 0 Å². The van der Waals surface area contributed by atoms with Crippen molar-refractivity contribution in [2.45, 2.75) is 45.1 Å². The highest BCUT2D eigenvalue weighted by atomic mass is 32.1. The zero-order valence-electron chi connectivity index (χ0n) is 19.4. The second-order valence-electron chi connectivity index (χ2n) is 8.97. The van der Waals surface area contributed by atoms with Gasteiger partial charge in [0.05, 0.1) is 11.3 Å². The number of aryl methyl sites for hydroxylation is 2. The molecule has 0 bridgehead atoms. The molecule has 1 aromatic carbocycles. The van der Waals surface area contributed by atoms with Gasteiger partial charge in [0, 0.05) is 45.2 Å². The van der Waals surface area contributed by atoms with Gasteiger partial charge in [0.15, 0.2) is 0 Å². The van der Waals surface area contributed by atoms with Crippen LogP contribution in [0.25, 0.3) is 0 Å².